The van der Waals surface area contributed by atoms with Crippen molar-refractivity contribution in [2.45, 2.75) is 6.92 Å². The molecule has 0 radical (unpaired) electrons. The summed E-state index contributed by atoms with van der Waals surface area (Å²) in [5.74, 6) is 0.254. The van der Waals surface area contributed by atoms with Gasteiger partial charge in [-0.2, -0.15) is 0 Å². The van der Waals surface area contributed by atoms with Gasteiger partial charge in [0.05, 0.1) is 11.9 Å². The SMILES string of the molecule is CC(=O)Nc1ccc(Nc2ccc(NC(=O)c3cccc(Cl)c3)cn2)cc1. The first kappa shape index (κ1) is 18.4. The molecule has 3 rings (SSSR count). The van der Waals surface area contributed by atoms with Crippen LogP contribution in [0.1, 0.15) is 17.3 Å². The monoisotopic (exact) mass is 380 g/mol. The molecule has 0 saturated heterocycles. The highest BCUT2D eigenvalue weighted by Crippen LogP contribution is 2.19. The van der Waals surface area contributed by atoms with E-state index in [1.165, 1.54) is 6.92 Å². The van der Waals surface area contributed by atoms with Gasteiger partial charge in [-0.05, 0) is 54.6 Å². The van der Waals surface area contributed by atoms with Gasteiger partial charge in [-0.15, -0.1) is 0 Å². The molecule has 27 heavy (non-hydrogen) atoms. The van der Waals surface area contributed by atoms with Gasteiger partial charge in [0.15, 0.2) is 0 Å². The van der Waals surface area contributed by atoms with Gasteiger partial charge < -0.3 is 16.0 Å². The van der Waals surface area contributed by atoms with Gasteiger partial charge in [-0.3, -0.25) is 9.59 Å². The zero-order valence-electron chi connectivity index (χ0n) is 14.5. The maximum Gasteiger partial charge on any atom is 0.255 e. The van der Waals surface area contributed by atoms with Gasteiger partial charge in [0.2, 0.25) is 5.91 Å². The Bertz CT molecular complexity index is 956. The van der Waals surface area contributed by atoms with Crippen molar-refractivity contribution in [3.63, 3.8) is 0 Å². The van der Waals surface area contributed by atoms with Crippen LogP contribution in [0.15, 0.2) is 66.9 Å². The van der Waals surface area contributed by atoms with E-state index in [4.69, 9.17) is 11.6 Å². The lowest BCUT2D eigenvalue weighted by Gasteiger charge is -2.09. The molecule has 3 N–H and O–H groups in total. The highest BCUT2D eigenvalue weighted by Gasteiger charge is 2.07. The fourth-order valence-electron chi connectivity index (χ4n) is 2.36. The van der Waals surface area contributed by atoms with Gasteiger partial charge in [0, 0.05) is 28.9 Å². The maximum atomic E-state index is 12.2. The Kier molecular flexibility index (Phi) is 5.68. The van der Waals surface area contributed by atoms with Crippen molar-refractivity contribution in [3.8, 4) is 0 Å². The maximum absolute atomic E-state index is 12.2. The van der Waals surface area contributed by atoms with E-state index >= 15 is 0 Å². The van der Waals surface area contributed by atoms with E-state index in [2.05, 4.69) is 20.9 Å². The molecule has 0 aliphatic carbocycles. The highest BCUT2D eigenvalue weighted by atomic mass is 35.5. The summed E-state index contributed by atoms with van der Waals surface area (Å²) in [5, 5.41) is 9.14. The van der Waals surface area contributed by atoms with E-state index in [1.807, 2.05) is 12.1 Å². The zero-order chi connectivity index (χ0) is 19.2. The fourth-order valence-corrected chi connectivity index (χ4v) is 2.55. The number of hydrogen-bond donors (Lipinski definition) is 3. The van der Waals surface area contributed by atoms with Crippen molar-refractivity contribution in [1.82, 2.24) is 4.98 Å². The molecular weight excluding hydrogens is 364 g/mol. The van der Waals surface area contributed by atoms with Crippen LogP contribution >= 0.6 is 11.6 Å². The van der Waals surface area contributed by atoms with Crippen LogP contribution in [0.5, 0.6) is 0 Å². The lowest BCUT2D eigenvalue weighted by atomic mass is 10.2. The van der Waals surface area contributed by atoms with Crippen LogP contribution in [0.25, 0.3) is 0 Å². The van der Waals surface area contributed by atoms with Crippen LogP contribution < -0.4 is 16.0 Å². The molecule has 0 saturated carbocycles. The summed E-state index contributed by atoms with van der Waals surface area (Å²) in [5.41, 5.74) is 2.60. The van der Waals surface area contributed by atoms with E-state index in [0.29, 0.717) is 22.1 Å². The summed E-state index contributed by atoms with van der Waals surface area (Å²) in [4.78, 5) is 27.5. The number of nitrogens with one attached hydrogen (secondary N) is 3. The van der Waals surface area contributed by atoms with Crippen molar-refractivity contribution in [2.24, 2.45) is 0 Å². The second-order valence-electron chi connectivity index (χ2n) is 5.78. The largest absolute Gasteiger partial charge is 0.340 e. The summed E-state index contributed by atoms with van der Waals surface area (Å²) >= 11 is 5.90. The Morgan fingerprint density at radius 1 is 0.889 bits per heavy atom. The average molecular weight is 381 g/mol. The summed E-state index contributed by atoms with van der Waals surface area (Å²) in [6.45, 7) is 1.46. The third-order valence-corrected chi connectivity index (χ3v) is 3.82. The van der Waals surface area contributed by atoms with Crippen LogP contribution in [0.3, 0.4) is 0 Å². The summed E-state index contributed by atoms with van der Waals surface area (Å²) in [7, 11) is 0. The Hall–Kier alpha value is -3.38. The number of amides is 2. The molecule has 0 atom stereocenters. The molecule has 1 aromatic heterocycles. The molecule has 0 unspecified atom stereocenters. The Balaban J connectivity index is 1.61. The van der Waals surface area contributed by atoms with Gasteiger partial charge in [0.1, 0.15) is 5.82 Å². The van der Waals surface area contributed by atoms with Crippen LogP contribution in [0.2, 0.25) is 5.02 Å². The van der Waals surface area contributed by atoms with Gasteiger partial charge in [-0.25, -0.2) is 4.98 Å². The molecule has 2 aromatic carbocycles. The zero-order valence-corrected chi connectivity index (χ0v) is 15.2. The Labute approximate surface area is 161 Å². The minimum Gasteiger partial charge on any atom is -0.340 e. The van der Waals surface area contributed by atoms with Crippen molar-refractivity contribution < 1.29 is 9.59 Å². The number of nitrogens with zero attached hydrogens (tertiary/aromatic N) is 1. The summed E-state index contributed by atoms with van der Waals surface area (Å²) in [6, 6.07) is 17.5. The lowest BCUT2D eigenvalue weighted by molar-refractivity contribution is -0.114. The smallest absolute Gasteiger partial charge is 0.255 e. The molecule has 1 heterocycles. The van der Waals surface area contributed by atoms with Crippen LogP contribution in [-0.4, -0.2) is 16.8 Å². The molecule has 3 aromatic rings. The van der Waals surface area contributed by atoms with Gasteiger partial charge in [0.25, 0.3) is 5.91 Å². The molecule has 0 aliphatic heterocycles. The standard InChI is InChI=1S/C20H17ClN4O2/c1-13(26)23-16-5-7-17(8-6-16)24-19-10-9-18(12-22-19)25-20(27)14-3-2-4-15(21)11-14/h2-12H,1H3,(H,22,24)(H,23,26)(H,25,27). The Morgan fingerprint density at radius 2 is 1.59 bits per heavy atom. The first-order valence-electron chi connectivity index (χ1n) is 8.17. The fraction of sp³-hybridized carbons (Fsp3) is 0.0500. The normalized spacial score (nSPS) is 10.1. The number of carbonyl (C=O) groups excluding carboxylic acids is 2. The third kappa shape index (κ3) is 5.29. The van der Waals surface area contributed by atoms with Gasteiger partial charge in [-0.1, -0.05) is 17.7 Å². The molecule has 6 nitrogen and oxygen atoms in total. The molecule has 7 heteroatoms. The topological polar surface area (TPSA) is 83.1 Å². The second-order valence-corrected chi connectivity index (χ2v) is 6.22. The van der Waals surface area contributed by atoms with Crippen molar-refractivity contribution >= 4 is 46.3 Å². The second kappa shape index (κ2) is 8.33. The highest BCUT2D eigenvalue weighted by molar-refractivity contribution is 6.31. The van der Waals surface area contributed by atoms with Crippen LogP contribution in [-0.2, 0) is 4.79 Å². The van der Waals surface area contributed by atoms with Crippen molar-refractivity contribution in [3.05, 3.63) is 77.4 Å². The number of benzene rings is 2. The minimum absolute atomic E-state index is 0.118. The molecule has 0 bridgehead atoms. The molecule has 0 spiro atoms. The quantitative estimate of drug-likeness (QED) is 0.599. The first-order valence-corrected chi connectivity index (χ1v) is 8.55. The number of rotatable bonds is 5. The predicted molar refractivity (Wildman–Crippen MR) is 108 cm³/mol. The third-order valence-electron chi connectivity index (χ3n) is 3.59. The number of carbonyl (C=O) groups is 2. The number of anilines is 4. The molecule has 2 amide bonds. The van der Waals surface area contributed by atoms with Crippen molar-refractivity contribution in [2.75, 3.05) is 16.0 Å². The van der Waals surface area contributed by atoms with Crippen LogP contribution in [0.4, 0.5) is 22.9 Å². The number of pyridine rings is 1. The predicted octanol–water partition coefficient (Wildman–Crippen LogP) is 4.69. The van der Waals surface area contributed by atoms with E-state index < -0.39 is 0 Å². The molecule has 0 fully saturated rings. The van der Waals surface area contributed by atoms with E-state index in [0.717, 1.165) is 11.4 Å². The van der Waals surface area contributed by atoms with Crippen molar-refractivity contribution in [1.29, 1.82) is 0 Å². The first-order chi connectivity index (χ1) is 13.0. The lowest BCUT2D eigenvalue weighted by Crippen LogP contribution is -2.12. The van der Waals surface area contributed by atoms with Crippen LogP contribution in [0, 0.1) is 0 Å². The molecule has 0 aliphatic rings. The molecular formula is C20H17ClN4O2. The molecule has 136 valence electrons. The minimum atomic E-state index is -0.256. The number of halogens is 1. The van der Waals surface area contributed by atoms with E-state index in [1.54, 1.807) is 54.7 Å². The average Bonchev–Trinajstić information content (AvgIpc) is 2.64. The summed E-state index contributed by atoms with van der Waals surface area (Å²) < 4.78 is 0. The van der Waals surface area contributed by atoms with E-state index in [9.17, 15) is 9.59 Å². The van der Waals surface area contributed by atoms with Gasteiger partial charge >= 0.3 is 0 Å². The number of hydrogen-bond acceptors (Lipinski definition) is 4. The number of aromatic nitrogens is 1. The Morgan fingerprint density at radius 3 is 2.22 bits per heavy atom. The van der Waals surface area contributed by atoms with E-state index in [-0.39, 0.29) is 11.8 Å². The summed E-state index contributed by atoms with van der Waals surface area (Å²) in [6.07, 6.45) is 1.57.